The van der Waals surface area contributed by atoms with Gasteiger partial charge in [-0.2, -0.15) is 0 Å². The summed E-state index contributed by atoms with van der Waals surface area (Å²) in [4.78, 5) is 0. The van der Waals surface area contributed by atoms with E-state index < -0.39 is 0 Å². The van der Waals surface area contributed by atoms with Crippen molar-refractivity contribution in [2.75, 3.05) is 13.1 Å². The Morgan fingerprint density at radius 1 is 1.40 bits per heavy atom. The van der Waals surface area contributed by atoms with Crippen LogP contribution in [-0.4, -0.2) is 13.1 Å². The molecule has 1 N–H and O–H groups in total. The van der Waals surface area contributed by atoms with Crippen LogP contribution in [0.4, 0.5) is 0 Å². The molecule has 0 aromatic carbocycles. The highest BCUT2D eigenvalue weighted by atomic mass is 16.3. The Labute approximate surface area is 92.4 Å². The summed E-state index contributed by atoms with van der Waals surface area (Å²) in [6, 6.07) is 4.07. The lowest BCUT2D eigenvalue weighted by atomic mass is 10.2. The Balaban J connectivity index is 2.46. The Morgan fingerprint density at radius 2 is 2.20 bits per heavy atom. The first kappa shape index (κ1) is 12.1. The van der Waals surface area contributed by atoms with Crippen LogP contribution in [0, 0.1) is 0 Å². The minimum atomic E-state index is 0.940. The van der Waals surface area contributed by atoms with Crippen LogP contribution >= 0.6 is 0 Å². The van der Waals surface area contributed by atoms with Crippen molar-refractivity contribution in [3.05, 3.63) is 29.2 Å². The Bertz CT molecular complexity index is 312. The highest BCUT2D eigenvalue weighted by Crippen LogP contribution is 2.11. The summed E-state index contributed by atoms with van der Waals surface area (Å²) in [5, 5.41) is 3.37. The summed E-state index contributed by atoms with van der Waals surface area (Å²) in [6.45, 7) is 8.41. The quantitative estimate of drug-likeness (QED) is 0.724. The van der Waals surface area contributed by atoms with Crippen molar-refractivity contribution in [1.82, 2.24) is 5.32 Å². The van der Waals surface area contributed by atoms with Crippen molar-refractivity contribution >= 4 is 6.08 Å². The van der Waals surface area contributed by atoms with Crippen LogP contribution in [0.2, 0.25) is 0 Å². The number of rotatable bonds is 6. The zero-order chi connectivity index (χ0) is 11.1. The number of aryl methyl sites for hydroxylation is 1. The van der Waals surface area contributed by atoms with Crippen molar-refractivity contribution < 1.29 is 4.42 Å². The molecule has 1 aromatic heterocycles. The van der Waals surface area contributed by atoms with Gasteiger partial charge in [-0.25, -0.2) is 0 Å². The molecular formula is C13H21NO. The summed E-state index contributed by atoms with van der Waals surface area (Å²) in [7, 11) is 0. The average Bonchev–Trinajstić information content (AvgIpc) is 2.66. The van der Waals surface area contributed by atoms with Gasteiger partial charge in [-0.3, -0.25) is 0 Å². The van der Waals surface area contributed by atoms with Crippen LogP contribution < -0.4 is 5.32 Å². The molecule has 0 aliphatic heterocycles. The molecule has 1 rings (SSSR count). The van der Waals surface area contributed by atoms with E-state index in [0.29, 0.717) is 0 Å². The molecule has 0 unspecified atom stereocenters. The van der Waals surface area contributed by atoms with Crippen LogP contribution in [-0.2, 0) is 6.42 Å². The highest BCUT2D eigenvalue weighted by molar-refractivity contribution is 5.47. The molecule has 0 radical (unpaired) electrons. The van der Waals surface area contributed by atoms with Crippen molar-refractivity contribution in [2.45, 2.75) is 33.6 Å². The first-order valence-electron chi connectivity index (χ1n) is 5.72. The second-order valence-corrected chi connectivity index (χ2v) is 3.83. The van der Waals surface area contributed by atoms with Crippen molar-refractivity contribution in [2.24, 2.45) is 0 Å². The molecule has 15 heavy (non-hydrogen) atoms. The highest BCUT2D eigenvalue weighted by Gasteiger charge is 1.97. The van der Waals surface area contributed by atoms with Gasteiger partial charge in [-0.15, -0.1) is 0 Å². The van der Waals surface area contributed by atoms with E-state index in [1.165, 1.54) is 12.0 Å². The number of hydrogen-bond acceptors (Lipinski definition) is 2. The zero-order valence-electron chi connectivity index (χ0n) is 9.97. The lowest BCUT2D eigenvalue weighted by Gasteiger charge is -2.01. The smallest absolute Gasteiger partial charge is 0.127 e. The fourth-order valence-corrected chi connectivity index (χ4v) is 1.42. The molecule has 1 aromatic rings. The van der Waals surface area contributed by atoms with Crippen LogP contribution in [0.5, 0.6) is 0 Å². The molecule has 0 spiro atoms. The van der Waals surface area contributed by atoms with Gasteiger partial charge in [0.15, 0.2) is 0 Å². The van der Waals surface area contributed by atoms with Crippen LogP contribution in [0.15, 0.2) is 22.1 Å². The van der Waals surface area contributed by atoms with Gasteiger partial charge in [0, 0.05) is 13.0 Å². The molecule has 1 heterocycles. The first-order chi connectivity index (χ1) is 7.26. The third-order valence-corrected chi connectivity index (χ3v) is 2.25. The second kappa shape index (κ2) is 6.46. The summed E-state index contributed by atoms with van der Waals surface area (Å²) in [6.07, 6.45) is 4.23. The van der Waals surface area contributed by atoms with Crippen molar-refractivity contribution in [3.8, 4) is 0 Å². The van der Waals surface area contributed by atoms with Gasteiger partial charge >= 0.3 is 0 Å². The minimum Gasteiger partial charge on any atom is -0.462 e. The maximum atomic E-state index is 5.61. The molecule has 0 atom stereocenters. The molecule has 2 nitrogen and oxygen atoms in total. The molecule has 0 fully saturated rings. The predicted octanol–water partition coefficient (Wildman–Crippen LogP) is 3.24. The van der Waals surface area contributed by atoms with E-state index in [1.807, 2.05) is 12.1 Å². The monoisotopic (exact) mass is 207 g/mol. The van der Waals surface area contributed by atoms with Gasteiger partial charge in [-0.05, 0) is 38.1 Å². The van der Waals surface area contributed by atoms with E-state index in [2.05, 4.69) is 32.2 Å². The van der Waals surface area contributed by atoms with E-state index in [9.17, 15) is 0 Å². The molecule has 0 aliphatic rings. The number of furan rings is 1. The lowest BCUT2D eigenvalue weighted by Crippen LogP contribution is -2.16. The van der Waals surface area contributed by atoms with Gasteiger partial charge in [0.25, 0.3) is 0 Å². The third-order valence-electron chi connectivity index (χ3n) is 2.25. The molecule has 2 heteroatoms. The maximum Gasteiger partial charge on any atom is 0.127 e. The molecule has 0 bridgehead atoms. The SMILES string of the molecule is CCCNCC(C)=Cc1ccc(CC)o1. The van der Waals surface area contributed by atoms with Crippen LogP contribution in [0.3, 0.4) is 0 Å². The van der Waals surface area contributed by atoms with Gasteiger partial charge in [0.2, 0.25) is 0 Å². The summed E-state index contributed by atoms with van der Waals surface area (Å²) in [5.74, 6) is 2.01. The average molecular weight is 207 g/mol. The van der Waals surface area contributed by atoms with Crippen LogP contribution in [0.25, 0.3) is 6.08 Å². The van der Waals surface area contributed by atoms with Gasteiger partial charge in [0.05, 0.1) is 0 Å². The predicted molar refractivity (Wildman–Crippen MR) is 64.9 cm³/mol. The fourth-order valence-electron chi connectivity index (χ4n) is 1.42. The van der Waals surface area contributed by atoms with Crippen molar-refractivity contribution in [1.29, 1.82) is 0 Å². The van der Waals surface area contributed by atoms with E-state index in [0.717, 1.165) is 31.0 Å². The van der Waals surface area contributed by atoms with Gasteiger partial charge in [0.1, 0.15) is 11.5 Å². The summed E-state index contributed by atoms with van der Waals surface area (Å²) >= 11 is 0. The minimum absolute atomic E-state index is 0.940. The Hall–Kier alpha value is -1.02. The molecular weight excluding hydrogens is 186 g/mol. The first-order valence-corrected chi connectivity index (χ1v) is 5.72. The molecule has 0 saturated carbocycles. The largest absolute Gasteiger partial charge is 0.462 e. The standard InChI is InChI=1S/C13H21NO/c1-4-8-14-10-11(3)9-13-7-6-12(5-2)15-13/h6-7,9,14H,4-5,8,10H2,1-3H3. The topological polar surface area (TPSA) is 25.2 Å². The van der Waals surface area contributed by atoms with E-state index in [1.54, 1.807) is 0 Å². The lowest BCUT2D eigenvalue weighted by molar-refractivity contribution is 0.507. The molecule has 0 amide bonds. The molecule has 0 saturated heterocycles. The number of hydrogen-bond donors (Lipinski definition) is 1. The Kier molecular flexibility index (Phi) is 5.19. The summed E-state index contributed by atoms with van der Waals surface area (Å²) < 4.78 is 5.61. The van der Waals surface area contributed by atoms with Gasteiger partial charge < -0.3 is 9.73 Å². The van der Waals surface area contributed by atoms with E-state index in [4.69, 9.17) is 4.42 Å². The zero-order valence-corrected chi connectivity index (χ0v) is 9.97. The normalized spacial score (nSPS) is 12.1. The van der Waals surface area contributed by atoms with E-state index in [-0.39, 0.29) is 0 Å². The summed E-state index contributed by atoms with van der Waals surface area (Å²) in [5.41, 5.74) is 1.31. The Morgan fingerprint density at radius 3 is 2.80 bits per heavy atom. The third kappa shape index (κ3) is 4.34. The molecule has 84 valence electrons. The van der Waals surface area contributed by atoms with Crippen molar-refractivity contribution in [3.63, 3.8) is 0 Å². The van der Waals surface area contributed by atoms with Crippen LogP contribution in [0.1, 0.15) is 38.7 Å². The second-order valence-electron chi connectivity index (χ2n) is 3.83. The van der Waals surface area contributed by atoms with E-state index >= 15 is 0 Å². The molecule has 0 aliphatic carbocycles. The maximum absolute atomic E-state index is 5.61. The van der Waals surface area contributed by atoms with Gasteiger partial charge in [-0.1, -0.05) is 19.4 Å². The number of nitrogens with one attached hydrogen (secondary N) is 1. The fraction of sp³-hybridized carbons (Fsp3) is 0.538.